The van der Waals surface area contributed by atoms with Gasteiger partial charge in [0, 0.05) is 0 Å². The van der Waals surface area contributed by atoms with E-state index in [1.165, 1.54) is 0 Å². The van der Waals surface area contributed by atoms with Crippen LogP contribution in [0.4, 0.5) is 4.79 Å². The summed E-state index contributed by atoms with van der Waals surface area (Å²) in [4.78, 5) is 23.9. The highest BCUT2D eigenvalue weighted by atomic mass is 16.6. The number of carbonyl (C=O) groups is 2. The van der Waals surface area contributed by atoms with E-state index >= 15 is 0 Å². The Balaban J connectivity index is 2.71. The second-order valence-electron chi connectivity index (χ2n) is 7.31. The number of hydrogen-bond acceptors (Lipinski definition) is 4. The first-order valence-electron chi connectivity index (χ1n) is 7.93. The van der Waals surface area contributed by atoms with E-state index < -0.39 is 11.7 Å². The van der Waals surface area contributed by atoms with Gasteiger partial charge in [-0.25, -0.2) is 4.79 Å². The maximum atomic E-state index is 12.0. The first kappa shape index (κ1) is 18.5. The number of allylic oxidation sites excluding steroid dienone is 1. The second-order valence-corrected chi connectivity index (χ2v) is 7.31. The Morgan fingerprint density at radius 2 is 2.14 bits per heavy atom. The van der Waals surface area contributed by atoms with Crippen LogP contribution in [0, 0.1) is 11.8 Å². The molecule has 0 aromatic heterocycles. The number of alkyl carbamates (subject to hydrolysis) is 1. The molecule has 3 atom stereocenters. The van der Waals surface area contributed by atoms with E-state index in [0.717, 1.165) is 6.42 Å². The standard InChI is InChI=1S/C17H29NO4/c1-7-8-12-10-14(21-15(12)19)13(9-11(2)3)18-16(20)22-17(4,5)6/h7,11-14H,1,8-10H2,2-6H3,(H,18,20)/t12-,13+,14-/m1/s1. The minimum absolute atomic E-state index is 0.155. The summed E-state index contributed by atoms with van der Waals surface area (Å²) in [6.07, 6.45) is 2.91. The van der Waals surface area contributed by atoms with Gasteiger partial charge >= 0.3 is 12.1 Å². The van der Waals surface area contributed by atoms with Crippen LogP contribution in [0.2, 0.25) is 0 Å². The zero-order valence-electron chi connectivity index (χ0n) is 14.3. The monoisotopic (exact) mass is 311 g/mol. The molecule has 1 heterocycles. The topological polar surface area (TPSA) is 64.6 Å². The Hall–Kier alpha value is -1.52. The lowest BCUT2D eigenvalue weighted by atomic mass is 9.93. The predicted molar refractivity (Wildman–Crippen MR) is 85.4 cm³/mol. The normalized spacial score (nSPS) is 23.1. The number of rotatable bonds is 6. The highest BCUT2D eigenvalue weighted by Gasteiger charge is 2.39. The Kier molecular flexibility index (Phi) is 6.45. The molecule has 0 aliphatic carbocycles. The maximum Gasteiger partial charge on any atom is 0.408 e. The average molecular weight is 311 g/mol. The molecule has 0 saturated carbocycles. The van der Waals surface area contributed by atoms with Crippen LogP contribution in [-0.2, 0) is 14.3 Å². The molecule has 0 unspecified atom stereocenters. The Labute approximate surface area is 133 Å². The molecule has 0 aromatic carbocycles. The number of cyclic esters (lactones) is 1. The average Bonchev–Trinajstić information content (AvgIpc) is 2.67. The molecule has 126 valence electrons. The predicted octanol–water partition coefficient (Wildman–Crippen LogP) is 3.43. The third kappa shape index (κ3) is 6.08. The fourth-order valence-electron chi connectivity index (χ4n) is 2.58. The van der Waals surface area contributed by atoms with Crippen LogP contribution in [0.3, 0.4) is 0 Å². The molecule has 1 amide bonds. The smallest absolute Gasteiger partial charge is 0.408 e. The van der Waals surface area contributed by atoms with Crippen LogP contribution in [0.1, 0.15) is 53.9 Å². The van der Waals surface area contributed by atoms with Crippen molar-refractivity contribution in [2.75, 3.05) is 0 Å². The Bertz CT molecular complexity index is 411. The summed E-state index contributed by atoms with van der Waals surface area (Å²) in [6.45, 7) is 13.3. The van der Waals surface area contributed by atoms with Crippen LogP contribution in [0.25, 0.3) is 0 Å². The molecule has 5 nitrogen and oxygen atoms in total. The van der Waals surface area contributed by atoms with Gasteiger partial charge in [-0.3, -0.25) is 4.79 Å². The number of hydrogen-bond donors (Lipinski definition) is 1. The van der Waals surface area contributed by atoms with Gasteiger partial charge in [0.1, 0.15) is 11.7 Å². The van der Waals surface area contributed by atoms with E-state index in [2.05, 4.69) is 25.7 Å². The first-order valence-corrected chi connectivity index (χ1v) is 7.93. The minimum atomic E-state index is -0.551. The maximum absolute atomic E-state index is 12.0. The molecule has 22 heavy (non-hydrogen) atoms. The summed E-state index contributed by atoms with van der Waals surface area (Å²) in [5.41, 5.74) is -0.551. The van der Waals surface area contributed by atoms with E-state index in [0.29, 0.717) is 18.8 Å². The van der Waals surface area contributed by atoms with Gasteiger partial charge in [0.25, 0.3) is 0 Å². The number of ether oxygens (including phenoxy) is 2. The molecular weight excluding hydrogens is 282 g/mol. The summed E-state index contributed by atoms with van der Waals surface area (Å²) in [5.74, 6) is 0.0133. The van der Waals surface area contributed by atoms with E-state index in [4.69, 9.17) is 9.47 Å². The Morgan fingerprint density at radius 3 is 2.64 bits per heavy atom. The van der Waals surface area contributed by atoms with Crippen LogP contribution < -0.4 is 5.32 Å². The Morgan fingerprint density at radius 1 is 1.50 bits per heavy atom. The molecule has 1 aliphatic rings. The summed E-state index contributed by atoms with van der Waals surface area (Å²) < 4.78 is 10.8. The summed E-state index contributed by atoms with van der Waals surface area (Å²) in [5, 5.41) is 2.87. The molecule has 1 saturated heterocycles. The second kappa shape index (κ2) is 7.65. The van der Waals surface area contributed by atoms with Crippen LogP contribution in [0.5, 0.6) is 0 Å². The van der Waals surface area contributed by atoms with Crippen molar-refractivity contribution < 1.29 is 19.1 Å². The summed E-state index contributed by atoms with van der Waals surface area (Å²) in [6, 6.07) is -0.228. The van der Waals surface area contributed by atoms with Crippen molar-refractivity contribution in [3.63, 3.8) is 0 Å². The highest BCUT2D eigenvalue weighted by molar-refractivity contribution is 5.75. The number of nitrogens with one attached hydrogen (secondary N) is 1. The lowest BCUT2D eigenvalue weighted by molar-refractivity contribution is -0.145. The van der Waals surface area contributed by atoms with Gasteiger partial charge in [-0.2, -0.15) is 0 Å². The fraction of sp³-hybridized carbons (Fsp3) is 0.765. The number of esters is 1. The third-order valence-electron chi connectivity index (χ3n) is 3.45. The molecule has 0 radical (unpaired) electrons. The van der Waals surface area contributed by atoms with E-state index in [1.54, 1.807) is 6.08 Å². The van der Waals surface area contributed by atoms with Crippen molar-refractivity contribution in [1.82, 2.24) is 5.32 Å². The molecule has 5 heteroatoms. The van der Waals surface area contributed by atoms with Crippen molar-refractivity contribution in [2.45, 2.75) is 71.6 Å². The van der Waals surface area contributed by atoms with E-state index in [-0.39, 0.29) is 24.0 Å². The van der Waals surface area contributed by atoms with Gasteiger partial charge < -0.3 is 14.8 Å². The SMILES string of the molecule is C=CC[C@@H]1C[C@H]([C@H](CC(C)C)NC(=O)OC(C)(C)C)OC1=O. The molecular formula is C17H29NO4. The minimum Gasteiger partial charge on any atom is -0.460 e. The largest absolute Gasteiger partial charge is 0.460 e. The lowest BCUT2D eigenvalue weighted by Gasteiger charge is -2.27. The van der Waals surface area contributed by atoms with Crippen molar-refractivity contribution in [3.8, 4) is 0 Å². The van der Waals surface area contributed by atoms with Crippen molar-refractivity contribution in [3.05, 3.63) is 12.7 Å². The summed E-state index contributed by atoms with van der Waals surface area (Å²) in [7, 11) is 0. The van der Waals surface area contributed by atoms with E-state index in [1.807, 2.05) is 20.8 Å². The zero-order valence-corrected chi connectivity index (χ0v) is 14.3. The van der Waals surface area contributed by atoms with Crippen molar-refractivity contribution in [1.29, 1.82) is 0 Å². The van der Waals surface area contributed by atoms with Gasteiger partial charge in [-0.1, -0.05) is 19.9 Å². The van der Waals surface area contributed by atoms with Gasteiger partial charge in [-0.05, 0) is 46.0 Å². The molecule has 0 bridgehead atoms. The molecule has 1 rings (SSSR count). The van der Waals surface area contributed by atoms with Crippen LogP contribution >= 0.6 is 0 Å². The molecule has 0 aromatic rings. The van der Waals surface area contributed by atoms with Crippen molar-refractivity contribution >= 4 is 12.1 Å². The lowest BCUT2D eigenvalue weighted by Crippen LogP contribution is -2.46. The van der Waals surface area contributed by atoms with Crippen LogP contribution in [-0.4, -0.2) is 29.8 Å². The zero-order chi connectivity index (χ0) is 16.9. The van der Waals surface area contributed by atoms with Gasteiger partial charge in [0.15, 0.2) is 0 Å². The first-order chi connectivity index (χ1) is 10.1. The van der Waals surface area contributed by atoms with Gasteiger partial charge in [-0.15, -0.1) is 6.58 Å². The van der Waals surface area contributed by atoms with Crippen molar-refractivity contribution in [2.24, 2.45) is 11.8 Å². The fourth-order valence-corrected chi connectivity index (χ4v) is 2.58. The van der Waals surface area contributed by atoms with Crippen LogP contribution in [0.15, 0.2) is 12.7 Å². The highest BCUT2D eigenvalue weighted by Crippen LogP contribution is 2.28. The third-order valence-corrected chi connectivity index (χ3v) is 3.45. The van der Waals surface area contributed by atoms with E-state index in [9.17, 15) is 9.59 Å². The number of carbonyl (C=O) groups excluding carboxylic acids is 2. The molecule has 1 fully saturated rings. The molecule has 0 spiro atoms. The van der Waals surface area contributed by atoms with Gasteiger partial charge in [0.05, 0.1) is 12.0 Å². The summed E-state index contributed by atoms with van der Waals surface area (Å²) >= 11 is 0. The molecule has 1 aliphatic heterocycles. The quantitative estimate of drug-likeness (QED) is 0.603. The molecule has 1 N–H and O–H groups in total. The van der Waals surface area contributed by atoms with Gasteiger partial charge in [0.2, 0.25) is 0 Å². The number of amides is 1.